The number of aryl methyl sites for hydroxylation is 1. The summed E-state index contributed by atoms with van der Waals surface area (Å²) >= 11 is 0. The monoisotopic (exact) mass is 423 g/mol. The Labute approximate surface area is 187 Å². The van der Waals surface area contributed by atoms with Crippen molar-refractivity contribution < 1.29 is 14.3 Å². The topological polar surface area (TPSA) is 38.8 Å². The second kappa shape index (κ2) is 12.6. The SMILES string of the molecule is COC(=O)CCCCCCN1CCCCC1OCc1ccc(-c2ccc(C)cc2)cc1. The first kappa shape index (κ1) is 23.5. The Morgan fingerprint density at radius 3 is 2.32 bits per heavy atom. The third-order valence-electron chi connectivity index (χ3n) is 6.14. The van der Waals surface area contributed by atoms with Crippen molar-refractivity contribution >= 4 is 5.97 Å². The van der Waals surface area contributed by atoms with E-state index in [1.807, 2.05) is 0 Å². The molecule has 168 valence electrons. The molecular weight excluding hydrogens is 386 g/mol. The maximum absolute atomic E-state index is 11.2. The van der Waals surface area contributed by atoms with Gasteiger partial charge in [-0.25, -0.2) is 0 Å². The molecule has 0 saturated carbocycles. The molecule has 0 spiro atoms. The van der Waals surface area contributed by atoms with E-state index in [4.69, 9.17) is 9.47 Å². The Morgan fingerprint density at radius 1 is 0.935 bits per heavy atom. The molecule has 0 aromatic heterocycles. The summed E-state index contributed by atoms with van der Waals surface area (Å²) in [5.74, 6) is -0.101. The summed E-state index contributed by atoms with van der Waals surface area (Å²) in [6.07, 6.45) is 8.69. The second-order valence-corrected chi connectivity index (χ2v) is 8.60. The lowest BCUT2D eigenvalue weighted by Crippen LogP contribution is -2.41. The number of benzene rings is 2. The van der Waals surface area contributed by atoms with Crippen LogP contribution < -0.4 is 0 Å². The fraction of sp³-hybridized carbons (Fsp3) is 0.519. The Balaban J connectivity index is 1.41. The number of hydrogen-bond acceptors (Lipinski definition) is 4. The lowest BCUT2D eigenvalue weighted by molar-refractivity contribution is -0.140. The molecule has 1 saturated heterocycles. The van der Waals surface area contributed by atoms with Crippen molar-refractivity contribution in [1.82, 2.24) is 4.90 Å². The van der Waals surface area contributed by atoms with E-state index in [1.54, 1.807) is 0 Å². The Hall–Kier alpha value is -2.17. The maximum atomic E-state index is 11.2. The molecule has 3 rings (SSSR count). The van der Waals surface area contributed by atoms with Gasteiger partial charge in [-0.3, -0.25) is 9.69 Å². The summed E-state index contributed by atoms with van der Waals surface area (Å²) < 4.78 is 11.0. The van der Waals surface area contributed by atoms with Gasteiger partial charge in [0.2, 0.25) is 0 Å². The van der Waals surface area contributed by atoms with Crippen LogP contribution in [0.3, 0.4) is 0 Å². The highest BCUT2D eigenvalue weighted by Gasteiger charge is 2.22. The van der Waals surface area contributed by atoms with Crippen molar-refractivity contribution in [2.75, 3.05) is 20.2 Å². The van der Waals surface area contributed by atoms with E-state index >= 15 is 0 Å². The zero-order valence-corrected chi connectivity index (χ0v) is 19.1. The molecule has 1 heterocycles. The third-order valence-corrected chi connectivity index (χ3v) is 6.14. The van der Waals surface area contributed by atoms with Crippen molar-refractivity contribution in [1.29, 1.82) is 0 Å². The van der Waals surface area contributed by atoms with Crippen molar-refractivity contribution in [3.63, 3.8) is 0 Å². The molecular formula is C27H37NO3. The van der Waals surface area contributed by atoms with E-state index in [0.29, 0.717) is 13.0 Å². The highest BCUT2D eigenvalue weighted by Crippen LogP contribution is 2.23. The van der Waals surface area contributed by atoms with Crippen LogP contribution in [0.25, 0.3) is 11.1 Å². The van der Waals surface area contributed by atoms with Gasteiger partial charge in [0.25, 0.3) is 0 Å². The predicted octanol–water partition coefficient (Wildman–Crippen LogP) is 6.11. The molecule has 1 atom stereocenters. The molecule has 1 aliphatic rings. The Bertz CT molecular complexity index is 785. The van der Waals surface area contributed by atoms with Gasteiger partial charge in [-0.05, 0) is 55.7 Å². The highest BCUT2D eigenvalue weighted by molar-refractivity contribution is 5.69. The molecule has 0 aliphatic carbocycles. The van der Waals surface area contributed by atoms with Gasteiger partial charge in [0.15, 0.2) is 0 Å². The smallest absolute Gasteiger partial charge is 0.305 e. The average molecular weight is 424 g/mol. The molecule has 0 N–H and O–H groups in total. The third kappa shape index (κ3) is 7.79. The average Bonchev–Trinajstić information content (AvgIpc) is 2.81. The van der Waals surface area contributed by atoms with Crippen molar-refractivity contribution in [2.45, 2.75) is 71.1 Å². The first-order chi connectivity index (χ1) is 15.2. The molecule has 2 aromatic rings. The Morgan fingerprint density at radius 2 is 1.61 bits per heavy atom. The number of methoxy groups -OCH3 is 1. The minimum absolute atomic E-state index is 0.101. The molecule has 0 radical (unpaired) electrons. The van der Waals surface area contributed by atoms with Gasteiger partial charge in [-0.1, -0.05) is 66.9 Å². The van der Waals surface area contributed by atoms with Crippen LogP contribution in [-0.2, 0) is 20.9 Å². The molecule has 4 nitrogen and oxygen atoms in total. The van der Waals surface area contributed by atoms with E-state index < -0.39 is 0 Å². The number of rotatable bonds is 11. The van der Waals surface area contributed by atoms with E-state index in [-0.39, 0.29) is 12.2 Å². The lowest BCUT2D eigenvalue weighted by atomic mass is 10.0. The van der Waals surface area contributed by atoms with E-state index in [9.17, 15) is 4.79 Å². The van der Waals surface area contributed by atoms with Gasteiger partial charge in [0.1, 0.15) is 6.23 Å². The number of hydrogen-bond donors (Lipinski definition) is 0. The van der Waals surface area contributed by atoms with Crippen molar-refractivity contribution in [3.8, 4) is 11.1 Å². The molecule has 0 bridgehead atoms. The molecule has 4 heteroatoms. The van der Waals surface area contributed by atoms with Crippen molar-refractivity contribution in [2.24, 2.45) is 0 Å². The van der Waals surface area contributed by atoms with Gasteiger partial charge in [0.05, 0.1) is 13.7 Å². The van der Waals surface area contributed by atoms with Crippen LogP contribution in [0.5, 0.6) is 0 Å². The summed E-state index contributed by atoms with van der Waals surface area (Å²) in [6, 6.07) is 17.4. The van der Waals surface area contributed by atoms with Crippen LogP contribution in [0.1, 0.15) is 62.5 Å². The van der Waals surface area contributed by atoms with Crippen LogP contribution in [0.2, 0.25) is 0 Å². The first-order valence-electron chi connectivity index (χ1n) is 11.7. The van der Waals surface area contributed by atoms with Crippen LogP contribution in [0.15, 0.2) is 48.5 Å². The second-order valence-electron chi connectivity index (χ2n) is 8.60. The van der Waals surface area contributed by atoms with Gasteiger partial charge in [0, 0.05) is 19.5 Å². The number of nitrogens with zero attached hydrogens (tertiary/aromatic N) is 1. The minimum Gasteiger partial charge on any atom is -0.469 e. The quantitative estimate of drug-likeness (QED) is 0.323. The van der Waals surface area contributed by atoms with Crippen LogP contribution >= 0.6 is 0 Å². The summed E-state index contributed by atoms with van der Waals surface area (Å²) in [6.45, 7) is 4.98. The standard InChI is InChI=1S/C27H37NO3/c1-22-11-15-24(16-12-22)25-17-13-23(14-18-25)21-31-26-9-6-8-20-28(26)19-7-4-3-5-10-27(29)30-2/h11-18,26H,3-10,19-21H2,1-2H3. The lowest BCUT2D eigenvalue weighted by Gasteiger charge is -2.35. The molecule has 2 aromatic carbocycles. The summed E-state index contributed by atoms with van der Waals surface area (Å²) in [5, 5.41) is 0. The number of unbranched alkanes of at least 4 members (excludes halogenated alkanes) is 3. The van der Waals surface area contributed by atoms with E-state index in [1.165, 1.54) is 42.2 Å². The fourth-order valence-corrected chi connectivity index (χ4v) is 4.18. The number of carbonyl (C=O) groups excluding carboxylic acids is 1. The Kier molecular flexibility index (Phi) is 9.57. The number of piperidine rings is 1. The minimum atomic E-state index is -0.101. The van der Waals surface area contributed by atoms with Crippen molar-refractivity contribution in [3.05, 3.63) is 59.7 Å². The van der Waals surface area contributed by atoms with E-state index in [0.717, 1.165) is 45.2 Å². The van der Waals surface area contributed by atoms with Crippen LogP contribution in [-0.4, -0.2) is 37.3 Å². The van der Waals surface area contributed by atoms with Gasteiger partial charge in [-0.2, -0.15) is 0 Å². The fourth-order valence-electron chi connectivity index (χ4n) is 4.18. The molecule has 1 fully saturated rings. The normalized spacial score (nSPS) is 16.9. The zero-order chi connectivity index (χ0) is 21.9. The van der Waals surface area contributed by atoms with Gasteiger partial charge < -0.3 is 9.47 Å². The first-order valence-corrected chi connectivity index (χ1v) is 11.7. The number of carbonyl (C=O) groups is 1. The van der Waals surface area contributed by atoms with E-state index in [2.05, 4.69) is 60.4 Å². The summed E-state index contributed by atoms with van der Waals surface area (Å²) in [7, 11) is 1.46. The number of ether oxygens (including phenoxy) is 2. The summed E-state index contributed by atoms with van der Waals surface area (Å²) in [4.78, 5) is 13.7. The number of esters is 1. The van der Waals surface area contributed by atoms with Crippen LogP contribution in [0.4, 0.5) is 0 Å². The largest absolute Gasteiger partial charge is 0.469 e. The van der Waals surface area contributed by atoms with Crippen LogP contribution in [0, 0.1) is 6.92 Å². The van der Waals surface area contributed by atoms with Gasteiger partial charge >= 0.3 is 5.97 Å². The molecule has 31 heavy (non-hydrogen) atoms. The maximum Gasteiger partial charge on any atom is 0.305 e. The number of likely N-dealkylation sites (tertiary alicyclic amines) is 1. The zero-order valence-electron chi connectivity index (χ0n) is 19.1. The summed E-state index contributed by atoms with van der Waals surface area (Å²) in [5.41, 5.74) is 5.01. The molecule has 1 aliphatic heterocycles. The highest BCUT2D eigenvalue weighted by atomic mass is 16.5. The van der Waals surface area contributed by atoms with Gasteiger partial charge in [-0.15, -0.1) is 0 Å². The predicted molar refractivity (Wildman–Crippen MR) is 126 cm³/mol. The molecule has 1 unspecified atom stereocenters. The molecule has 0 amide bonds.